The van der Waals surface area contributed by atoms with Crippen LogP contribution in [0.3, 0.4) is 0 Å². The van der Waals surface area contributed by atoms with E-state index in [1.165, 1.54) is 4.90 Å². The molecule has 1 amide bonds. The molecular weight excluding hydrogens is 228 g/mol. The molecule has 0 saturated carbocycles. The van der Waals surface area contributed by atoms with Gasteiger partial charge in [0, 0.05) is 19.1 Å². The summed E-state index contributed by atoms with van der Waals surface area (Å²) in [5.41, 5.74) is 5.48. The number of carbonyl (C=O) groups is 1. The highest BCUT2D eigenvalue weighted by Gasteiger charge is 2.20. The number of nitrogens with two attached hydrogens (primary N) is 1. The van der Waals surface area contributed by atoms with E-state index in [9.17, 15) is 13.2 Å². The Hall–Kier alpha value is -0.620. The van der Waals surface area contributed by atoms with E-state index < -0.39 is 15.6 Å². The molecule has 0 aliphatic carbocycles. The lowest BCUT2D eigenvalue weighted by Crippen LogP contribution is -2.36. The van der Waals surface area contributed by atoms with E-state index in [-0.39, 0.29) is 17.7 Å². The summed E-state index contributed by atoms with van der Waals surface area (Å²) >= 11 is 0. The molecule has 0 aromatic heterocycles. The van der Waals surface area contributed by atoms with E-state index in [0.29, 0.717) is 19.5 Å². The fourth-order valence-electron chi connectivity index (χ4n) is 1.29. The van der Waals surface area contributed by atoms with Gasteiger partial charge in [-0.3, -0.25) is 4.79 Å². The largest absolute Gasteiger partial charge is 0.342 e. The van der Waals surface area contributed by atoms with E-state index in [2.05, 4.69) is 0 Å². The number of amides is 1. The molecule has 0 heterocycles. The van der Waals surface area contributed by atoms with Crippen LogP contribution in [0.1, 0.15) is 27.2 Å². The van der Waals surface area contributed by atoms with Crippen LogP contribution in [0.4, 0.5) is 0 Å². The van der Waals surface area contributed by atoms with Crippen molar-refractivity contribution in [2.75, 3.05) is 24.6 Å². The summed E-state index contributed by atoms with van der Waals surface area (Å²) < 4.78 is 23.2. The van der Waals surface area contributed by atoms with E-state index in [0.717, 1.165) is 0 Å². The van der Waals surface area contributed by atoms with Crippen molar-refractivity contribution in [1.29, 1.82) is 0 Å². The molecule has 0 saturated heterocycles. The highest BCUT2D eigenvalue weighted by molar-refractivity contribution is 7.92. The Labute approximate surface area is 97.9 Å². The van der Waals surface area contributed by atoms with Gasteiger partial charge in [-0.05, 0) is 27.2 Å². The molecule has 5 nitrogen and oxygen atoms in total. The summed E-state index contributed by atoms with van der Waals surface area (Å²) in [6, 6.07) is -0.154. The lowest BCUT2D eigenvalue weighted by Gasteiger charge is -2.18. The Morgan fingerprint density at radius 2 is 1.81 bits per heavy atom. The van der Waals surface area contributed by atoms with Crippen LogP contribution in [-0.4, -0.2) is 49.9 Å². The predicted octanol–water partition coefficient (Wildman–Crippen LogP) is 0.00690. The SMILES string of the molecule is CCN(CC)C(=O)CS(=O)(=O)CCC(C)N. The first-order chi connectivity index (χ1) is 7.32. The van der Waals surface area contributed by atoms with Crippen molar-refractivity contribution in [2.24, 2.45) is 5.73 Å². The van der Waals surface area contributed by atoms with Gasteiger partial charge >= 0.3 is 0 Å². The molecule has 0 aliphatic rings. The number of carbonyl (C=O) groups excluding carboxylic acids is 1. The molecule has 96 valence electrons. The third-order valence-corrected chi connectivity index (χ3v) is 3.89. The number of sulfone groups is 1. The third kappa shape index (κ3) is 6.07. The lowest BCUT2D eigenvalue weighted by molar-refractivity contribution is -0.128. The Balaban J connectivity index is 4.30. The van der Waals surface area contributed by atoms with Gasteiger partial charge in [-0.1, -0.05) is 0 Å². The number of hydrogen-bond acceptors (Lipinski definition) is 4. The average molecular weight is 250 g/mol. The topological polar surface area (TPSA) is 80.5 Å². The minimum Gasteiger partial charge on any atom is -0.342 e. The molecule has 0 rings (SSSR count). The van der Waals surface area contributed by atoms with Crippen LogP contribution in [0.2, 0.25) is 0 Å². The molecule has 0 aromatic carbocycles. The minimum atomic E-state index is -3.31. The van der Waals surface area contributed by atoms with Crippen LogP contribution in [0.5, 0.6) is 0 Å². The fourth-order valence-corrected chi connectivity index (χ4v) is 2.73. The molecule has 1 unspecified atom stereocenters. The first kappa shape index (κ1) is 15.4. The quantitative estimate of drug-likeness (QED) is 0.690. The van der Waals surface area contributed by atoms with Gasteiger partial charge in [-0.2, -0.15) is 0 Å². The van der Waals surface area contributed by atoms with E-state index in [1.807, 2.05) is 13.8 Å². The predicted molar refractivity (Wildman–Crippen MR) is 64.8 cm³/mol. The maximum Gasteiger partial charge on any atom is 0.237 e. The van der Waals surface area contributed by atoms with Crippen molar-refractivity contribution in [1.82, 2.24) is 4.90 Å². The van der Waals surface area contributed by atoms with Crippen LogP contribution in [0.25, 0.3) is 0 Å². The van der Waals surface area contributed by atoms with Crippen LogP contribution in [-0.2, 0) is 14.6 Å². The fraction of sp³-hybridized carbons (Fsp3) is 0.900. The van der Waals surface area contributed by atoms with E-state index >= 15 is 0 Å². The van der Waals surface area contributed by atoms with Gasteiger partial charge in [0.2, 0.25) is 5.91 Å². The van der Waals surface area contributed by atoms with Crippen LogP contribution >= 0.6 is 0 Å². The third-order valence-electron chi connectivity index (χ3n) is 2.34. The van der Waals surface area contributed by atoms with Crippen molar-refractivity contribution in [2.45, 2.75) is 33.2 Å². The van der Waals surface area contributed by atoms with E-state index in [1.54, 1.807) is 6.92 Å². The summed E-state index contributed by atoms with van der Waals surface area (Å²) in [5, 5.41) is 0. The smallest absolute Gasteiger partial charge is 0.237 e. The Bertz CT molecular complexity index is 308. The lowest BCUT2D eigenvalue weighted by atomic mass is 10.3. The normalized spacial score (nSPS) is 13.5. The Morgan fingerprint density at radius 3 is 2.19 bits per heavy atom. The van der Waals surface area contributed by atoms with Gasteiger partial charge < -0.3 is 10.6 Å². The average Bonchev–Trinajstić information content (AvgIpc) is 2.16. The highest BCUT2D eigenvalue weighted by Crippen LogP contribution is 2.00. The van der Waals surface area contributed by atoms with E-state index in [4.69, 9.17) is 5.73 Å². The molecule has 1 atom stereocenters. The molecule has 6 heteroatoms. The highest BCUT2D eigenvalue weighted by atomic mass is 32.2. The molecule has 0 spiro atoms. The van der Waals surface area contributed by atoms with Crippen molar-refractivity contribution in [3.63, 3.8) is 0 Å². The zero-order valence-electron chi connectivity index (χ0n) is 10.3. The summed E-state index contributed by atoms with van der Waals surface area (Å²) in [7, 11) is -3.31. The summed E-state index contributed by atoms with van der Waals surface area (Å²) in [5.74, 6) is -0.742. The standard InChI is InChI=1S/C10H22N2O3S/c1-4-12(5-2)10(13)8-16(14,15)7-6-9(3)11/h9H,4-8,11H2,1-3H3. The molecule has 0 aliphatic heterocycles. The maximum absolute atomic E-state index is 11.6. The number of nitrogens with zero attached hydrogens (tertiary/aromatic N) is 1. The molecule has 0 radical (unpaired) electrons. The minimum absolute atomic E-state index is 0.0162. The number of rotatable bonds is 7. The molecule has 0 aromatic rings. The van der Waals surface area contributed by atoms with Crippen LogP contribution < -0.4 is 5.73 Å². The first-order valence-electron chi connectivity index (χ1n) is 5.56. The zero-order valence-corrected chi connectivity index (χ0v) is 11.1. The molecule has 16 heavy (non-hydrogen) atoms. The second kappa shape index (κ2) is 6.85. The van der Waals surface area contributed by atoms with Gasteiger partial charge in [-0.15, -0.1) is 0 Å². The van der Waals surface area contributed by atoms with Gasteiger partial charge in [0.1, 0.15) is 5.75 Å². The van der Waals surface area contributed by atoms with Gasteiger partial charge in [0.25, 0.3) is 0 Å². The van der Waals surface area contributed by atoms with Crippen molar-refractivity contribution >= 4 is 15.7 Å². The molecule has 0 fully saturated rings. The second-order valence-electron chi connectivity index (χ2n) is 3.92. The van der Waals surface area contributed by atoms with Crippen LogP contribution in [0.15, 0.2) is 0 Å². The van der Waals surface area contributed by atoms with Gasteiger partial charge in [0.15, 0.2) is 9.84 Å². The monoisotopic (exact) mass is 250 g/mol. The van der Waals surface area contributed by atoms with Crippen molar-refractivity contribution in [3.8, 4) is 0 Å². The molecule has 0 bridgehead atoms. The molecular formula is C10H22N2O3S. The summed E-state index contributed by atoms with van der Waals surface area (Å²) in [6.45, 7) is 6.49. The summed E-state index contributed by atoms with van der Waals surface area (Å²) in [4.78, 5) is 13.1. The zero-order chi connectivity index (χ0) is 12.8. The van der Waals surface area contributed by atoms with Crippen LogP contribution in [0, 0.1) is 0 Å². The maximum atomic E-state index is 11.6. The summed E-state index contributed by atoms with van der Waals surface area (Å²) in [6.07, 6.45) is 0.397. The number of hydrogen-bond donors (Lipinski definition) is 1. The molecule has 2 N–H and O–H groups in total. The van der Waals surface area contributed by atoms with Gasteiger partial charge in [0.05, 0.1) is 5.75 Å². The van der Waals surface area contributed by atoms with Crippen molar-refractivity contribution < 1.29 is 13.2 Å². The Morgan fingerprint density at radius 1 is 1.31 bits per heavy atom. The second-order valence-corrected chi connectivity index (χ2v) is 6.11. The first-order valence-corrected chi connectivity index (χ1v) is 7.38. The Kier molecular flexibility index (Phi) is 6.59. The van der Waals surface area contributed by atoms with Crippen molar-refractivity contribution in [3.05, 3.63) is 0 Å². The van der Waals surface area contributed by atoms with Gasteiger partial charge in [-0.25, -0.2) is 8.42 Å².